The van der Waals surface area contributed by atoms with Crippen molar-refractivity contribution < 1.29 is 9.53 Å². The fourth-order valence-electron chi connectivity index (χ4n) is 1.67. The molecule has 0 aliphatic carbocycles. The fourth-order valence-corrected chi connectivity index (χ4v) is 1.67. The van der Waals surface area contributed by atoms with Crippen molar-refractivity contribution in [2.75, 3.05) is 39.4 Å². The van der Waals surface area contributed by atoms with Crippen LogP contribution in [0.2, 0.25) is 0 Å². The first kappa shape index (κ1) is 25.7. The van der Waals surface area contributed by atoms with Crippen LogP contribution in [-0.2, 0) is 9.53 Å². The molecule has 0 saturated carbocycles. The maximum Gasteiger partial charge on any atom is 0.225 e. The van der Waals surface area contributed by atoms with E-state index in [0.29, 0.717) is 13.1 Å². The van der Waals surface area contributed by atoms with Crippen LogP contribution in [0.1, 0.15) is 53.9 Å². The predicted molar refractivity (Wildman–Crippen MR) is 112 cm³/mol. The average Bonchev–Trinajstić information content (AvgIpc) is 2.49. The smallest absolute Gasteiger partial charge is 0.225 e. The highest BCUT2D eigenvalue weighted by atomic mass is 127. The van der Waals surface area contributed by atoms with E-state index in [-0.39, 0.29) is 35.3 Å². The summed E-state index contributed by atoms with van der Waals surface area (Å²) < 4.78 is 5.51. The Bertz CT molecular complexity index is 344. The first-order valence-electron chi connectivity index (χ1n) is 8.80. The van der Waals surface area contributed by atoms with Crippen molar-refractivity contribution in [3.63, 3.8) is 0 Å². The van der Waals surface area contributed by atoms with Crippen molar-refractivity contribution in [1.82, 2.24) is 16.0 Å². The lowest BCUT2D eigenvalue weighted by Crippen LogP contribution is -2.43. The lowest BCUT2D eigenvalue weighted by molar-refractivity contribution is -0.128. The summed E-state index contributed by atoms with van der Waals surface area (Å²) in [5, 5.41) is 9.33. The van der Waals surface area contributed by atoms with Gasteiger partial charge >= 0.3 is 0 Å². The Morgan fingerprint density at radius 3 is 2.21 bits per heavy atom. The van der Waals surface area contributed by atoms with E-state index in [1.165, 1.54) is 6.42 Å². The predicted octanol–water partition coefficient (Wildman–Crippen LogP) is 2.53. The summed E-state index contributed by atoms with van der Waals surface area (Å²) in [5.41, 5.74) is -0.351. The van der Waals surface area contributed by atoms with Crippen LogP contribution in [0, 0.1) is 5.41 Å². The van der Waals surface area contributed by atoms with Crippen LogP contribution in [0.25, 0.3) is 0 Å². The molecule has 0 heterocycles. The molecule has 0 spiro atoms. The van der Waals surface area contributed by atoms with E-state index >= 15 is 0 Å². The van der Waals surface area contributed by atoms with Gasteiger partial charge in [-0.25, -0.2) is 0 Å². The Balaban J connectivity index is 0. The summed E-state index contributed by atoms with van der Waals surface area (Å²) in [5.74, 6) is 0.844. The van der Waals surface area contributed by atoms with Crippen molar-refractivity contribution in [1.29, 1.82) is 0 Å². The number of hydrogen-bond acceptors (Lipinski definition) is 3. The highest BCUT2D eigenvalue weighted by Crippen LogP contribution is 2.11. The molecule has 6 nitrogen and oxygen atoms in total. The molecule has 0 radical (unpaired) electrons. The molecule has 0 aromatic heterocycles. The number of carbonyl (C=O) groups excluding carboxylic acids is 1. The van der Waals surface area contributed by atoms with E-state index in [1.54, 1.807) is 0 Å². The Morgan fingerprint density at radius 1 is 1.00 bits per heavy atom. The summed E-state index contributed by atoms with van der Waals surface area (Å²) in [6, 6.07) is 0. The number of nitrogens with one attached hydrogen (secondary N) is 3. The number of guanidine groups is 1. The first-order valence-corrected chi connectivity index (χ1v) is 8.80. The Kier molecular flexibility index (Phi) is 17.0. The molecule has 0 fully saturated rings. The molecule has 0 atom stereocenters. The van der Waals surface area contributed by atoms with Crippen LogP contribution >= 0.6 is 24.0 Å². The van der Waals surface area contributed by atoms with Gasteiger partial charge in [-0.15, -0.1) is 24.0 Å². The largest absolute Gasteiger partial charge is 0.381 e. The Labute approximate surface area is 165 Å². The maximum absolute atomic E-state index is 11.8. The van der Waals surface area contributed by atoms with E-state index in [1.807, 2.05) is 27.7 Å². The lowest BCUT2D eigenvalue weighted by atomic mass is 9.96. The molecule has 0 bridgehead atoms. The van der Waals surface area contributed by atoms with Crippen LogP contribution in [-0.4, -0.2) is 51.3 Å². The van der Waals surface area contributed by atoms with Gasteiger partial charge in [0.1, 0.15) is 0 Å². The van der Waals surface area contributed by atoms with Crippen molar-refractivity contribution >= 4 is 35.8 Å². The molecule has 0 rings (SSSR count). The summed E-state index contributed by atoms with van der Waals surface area (Å²) >= 11 is 0. The molecule has 0 aromatic rings. The van der Waals surface area contributed by atoms with Gasteiger partial charge < -0.3 is 20.7 Å². The number of unbranched alkanes of at least 4 members (excludes halogenated alkanes) is 1. The van der Waals surface area contributed by atoms with Crippen LogP contribution < -0.4 is 16.0 Å². The minimum Gasteiger partial charge on any atom is -0.381 e. The molecule has 24 heavy (non-hydrogen) atoms. The fraction of sp³-hybridized carbons (Fsp3) is 0.882. The minimum absolute atomic E-state index is 0. The number of rotatable bonds is 11. The zero-order chi connectivity index (χ0) is 17.6. The number of carbonyl (C=O) groups is 1. The van der Waals surface area contributed by atoms with Crippen molar-refractivity contribution in [2.45, 2.75) is 53.9 Å². The van der Waals surface area contributed by atoms with Gasteiger partial charge in [0.05, 0.1) is 0 Å². The minimum atomic E-state index is -0.351. The number of hydrogen-bond donors (Lipinski definition) is 3. The van der Waals surface area contributed by atoms with Gasteiger partial charge in [0.2, 0.25) is 5.91 Å². The SMILES string of the molecule is CCCCOCCCN=C(NCC)NCCNC(=O)C(C)(C)C.I. The van der Waals surface area contributed by atoms with Gasteiger partial charge in [-0.05, 0) is 19.8 Å². The van der Waals surface area contributed by atoms with E-state index in [2.05, 4.69) is 27.9 Å². The number of aliphatic imine (C=N–C) groups is 1. The van der Waals surface area contributed by atoms with Gasteiger partial charge in [-0.3, -0.25) is 9.79 Å². The van der Waals surface area contributed by atoms with Crippen molar-refractivity contribution in [2.24, 2.45) is 10.4 Å². The molecule has 7 heteroatoms. The Hall–Kier alpha value is -0.570. The molecular formula is C17H37IN4O2. The van der Waals surface area contributed by atoms with Crippen LogP contribution in [0.3, 0.4) is 0 Å². The van der Waals surface area contributed by atoms with E-state index in [0.717, 1.165) is 45.1 Å². The molecule has 3 N–H and O–H groups in total. The second kappa shape index (κ2) is 15.9. The highest BCUT2D eigenvalue weighted by molar-refractivity contribution is 14.0. The standard InChI is InChI=1S/C17H36N4O2.HI/c1-6-8-13-23-14-9-10-20-16(18-7-2)21-12-11-19-15(22)17(3,4)5;/h6-14H2,1-5H3,(H,19,22)(H2,18,20,21);1H. The summed E-state index contributed by atoms with van der Waals surface area (Å²) in [7, 11) is 0. The first-order chi connectivity index (χ1) is 10.9. The topological polar surface area (TPSA) is 74.8 Å². The summed E-state index contributed by atoms with van der Waals surface area (Å²) in [6.07, 6.45) is 3.20. The maximum atomic E-state index is 11.8. The van der Waals surface area contributed by atoms with Gasteiger partial charge in [-0.1, -0.05) is 34.1 Å². The quantitative estimate of drug-likeness (QED) is 0.193. The third kappa shape index (κ3) is 15.0. The van der Waals surface area contributed by atoms with Crippen LogP contribution in [0.5, 0.6) is 0 Å². The third-order valence-electron chi connectivity index (χ3n) is 3.09. The molecule has 0 aliphatic rings. The number of ether oxygens (including phenoxy) is 1. The van der Waals surface area contributed by atoms with Crippen molar-refractivity contribution in [3.8, 4) is 0 Å². The van der Waals surface area contributed by atoms with Crippen LogP contribution in [0.4, 0.5) is 0 Å². The molecule has 0 aliphatic heterocycles. The van der Waals surface area contributed by atoms with Gasteiger partial charge in [0.15, 0.2) is 5.96 Å². The van der Waals surface area contributed by atoms with Crippen LogP contribution in [0.15, 0.2) is 4.99 Å². The zero-order valence-electron chi connectivity index (χ0n) is 16.0. The number of nitrogens with zero attached hydrogens (tertiary/aromatic N) is 1. The third-order valence-corrected chi connectivity index (χ3v) is 3.09. The Morgan fingerprint density at radius 2 is 1.62 bits per heavy atom. The van der Waals surface area contributed by atoms with E-state index in [9.17, 15) is 4.79 Å². The van der Waals surface area contributed by atoms with E-state index in [4.69, 9.17) is 4.74 Å². The molecule has 1 amide bonds. The lowest BCUT2D eigenvalue weighted by Gasteiger charge is -2.18. The van der Waals surface area contributed by atoms with Gasteiger partial charge in [0, 0.05) is 44.8 Å². The van der Waals surface area contributed by atoms with Crippen molar-refractivity contribution in [3.05, 3.63) is 0 Å². The molecule has 0 aromatic carbocycles. The second-order valence-corrected chi connectivity index (χ2v) is 6.51. The number of halogens is 1. The number of amides is 1. The molecule has 0 unspecified atom stereocenters. The van der Waals surface area contributed by atoms with Gasteiger partial charge in [-0.2, -0.15) is 0 Å². The molecule has 0 saturated heterocycles. The normalized spacial score (nSPS) is 11.6. The summed E-state index contributed by atoms with van der Waals surface area (Å²) in [6.45, 7) is 14.3. The second-order valence-electron chi connectivity index (χ2n) is 6.51. The average molecular weight is 456 g/mol. The van der Waals surface area contributed by atoms with Gasteiger partial charge in [0.25, 0.3) is 0 Å². The molecular weight excluding hydrogens is 419 g/mol. The molecule has 144 valence electrons. The van der Waals surface area contributed by atoms with E-state index < -0.39 is 0 Å². The monoisotopic (exact) mass is 456 g/mol. The summed E-state index contributed by atoms with van der Waals surface area (Å²) in [4.78, 5) is 16.3. The highest BCUT2D eigenvalue weighted by Gasteiger charge is 2.20. The zero-order valence-corrected chi connectivity index (χ0v) is 18.4.